The van der Waals surface area contributed by atoms with Crippen molar-refractivity contribution in [1.82, 2.24) is 10.2 Å². The number of hydrogen-bond acceptors (Lipinski definition) is 5. The molecule has 1 aromatic carbocycles. The van der Waals surface area contributed by atoms with Gasteiger partial charge in [0, 0.05) is 18.7 Å². The largest absolute Gasteiger partial charge is 0.494 e. The Balaban J connectivity index is 1.67. The summed E-state index contributed by atoms with van der Waals surface area (Å²) in [6, 6.07) is 7.07. The molecule has 1 aromatic heterocycles. The number of carbonyl (C=O) groups excluding carboxylic acids is 2. The fourth-order valence-corrected chi connectivity index (χ4v) is 2.80. The van der Waals surface area contributed by atoms with Gasteiger partial charge >= 0.3 is 5.97 Å². The number of carbonyl (C=O) groups is 3. The highest BCUT2D eigenvalue weighted by molar-refractivity contribution is 6.05. The SMILES string of the molecule is CCOc1ccc(N2CC(C(=O)Nc3cn[nH]c3C(=O)O)CC2=O)cc1. The summed E-state index contributed by atoms with van der Waals surface area (Å²) in [4.78, 5) is 37.3. The number of ether oxygens (including phenoxy) is 1. The van der Waals surface area contributed by atoms with Gasteiger partial charge in [0.2, 0.25) is 11.8 Å². The van der Waals surface area contributed by atoms with Crippen molar-refractivity contribution in [3.8, 4) is 5.75 Å². The van der Waals surface area contributed by atoms with Crippen molar-refractivity contribution in [2.75, 3.05) is 23.4 Å². The van der Waals surface area contributed by atoms with E-state index in [9.17, 15) is 14.4 Å². The van der Waals surface area contributed by atoms with E-state index < -0.39 is 17.8 Å². The normalized spacial score (nSPS) is 16.6. The Hall–Kier alpha value is -3.36. The van der Waals surface area contributed by atoms with Gasteiger partial charge in [-0.15, -0.1) is 0 Å². The molecule has 2 heterocycles. The third-order valence-corrected chi connectivity index (χ3v) is 4.07. The van der Waals surface area contributed by atoms with E-state index in [-0.39, 0.29) is 30.3 Å². The van der Waals surface area contributed by atoms with Gasteiger partial charge in [0.15, 0.2) is 5.69 Å². The second kappa shape index (κ2) is 7.26. The summed E-state index contributed by atoms with van der Waals surface area (Å²) < 4.78 is 5.37. The average Bonchev–Trinajstić information content (AvgIpc) is 3.22. The molecule has 3 rings (SSSR count). The smallest absolute Gasteiger partial charge is 0.356 e. The number of carboxylic acid groups (broad SMARTS) is 1. The summed E-state index contributed by atoms with van der Waals surface area (Å²) in [6.07, 6.45) is 1.28. The third-order valence-electron chi connectivity index (χ3n) is 4.07. The molecule has 0 saturated carbocycles. The minimum atomic E-state index is -1.23. The van der Waals surface area contributed by atoms with Crippen LogP contribution in [0.5, 0.6) is 5.75 Å². The first kappa shape index (κ1) is 17.5. The Labute approximate surface area is 149 Å². The zero-order chi connectivity index (χ0) is 18.7. The summed E-state index contributed by atoms with van der Waals surface area (Å²) >= 11 is 0. The Bertz CT molecular complexity index is 830. The lowest BCUT2D eigenvalue weighted by atomic mass is 10.1. The van der Waals surface area contributed by atoms with E-state index in [1.807, 2.05) is 6.92 Å². The molecule has 3 N–H and O–H groups in total. The Kier molecular flexibility index (Phi) is 4.87. The van der Waals surface area contributed by atoms with Gasteiger partial charge in [0.25, 0.3) is 0 Å². The molecule has 0 radical (unpaired) electrons. The maximum atomic E-state index is 12.4. The maximum absolute atomic E-state index is 12.4. The molecule has 1 saturated heterocycles. The number of rotatable bonds is 6. The predicted octanol–water partition coefficient (Wildman–Crippen LogP) is 1.50. The number of H-pyrrole nitrogens is 1. The fourth-order valence-electron chi connectivity index (χ4n) is 2.80. The second-order valence-corrected chi connectivity index (χ2v) is 5.79. The van der Waals surface area contributed by atoms with Crippen LogP contribution in [-0.2, 0) is 9.59 Å². The first-order valence-corrected chi connectivity index (χ1v) is 8.10. The van der Waals surface area contributed by atoms with Gasteiger partial charge in [-0.05, 0) is 31.2 Å². The highest BCUT2D eigenvalue weighted by atomic mass is 16.5. The van der Waals surface area contributed by atoms with Crippen LogP contribution in [0.2, 0.25) is 0 Å². The number of hydrogen-bond donors (Lipinski definition) is 3. The van der Waals surface area contributed by atoms with Crippen molar-refractivity contribution in [3.05, 3.63) is 36.2 Å². The van der Waals surface area contributed by atoms with E-state index in [0.29, 0.717) is 18.0 Å². The van der Waals surface area contributed by atoms with E-state index in [2.05, 4.69) is 15.5 Å². The van der Waals surface area contributed by atoms with Crippen LogP contribution in [0, 0.1) is 5.92 Å². The van der Waals surface area contributed by atoms with Crippen molar-refractivity contribution < 1.29 is 24.2 Å². The predicted molar refractivity (Wildman–Crippen MR) is 92.2 cm³/mol. The number of anilines is 2. The fraction of sp³-hybridized carbons (Fsp3) is 0.294. The van der Waals surface area contributed by atoms with Crippen molar-refractivity contribution in [1.29, 1.82) is 0 Å². The topological polar surface area (TPSA) is 125 Å². The number of amides is 2. The van der Waals surface area contributed by atoms with Crippen molar-refractivity contribution >= 4 is 29.2 Å². The molecule has 0 aliphatic carbocycles. The lowest BCUT2D eigenvalue weighted by Crippen LogP contribution is -2.28. The monoisotopic (exact) mass is 358 g/mol. The highest BCUT2D eigenvalue weighted by Crippen LogP contribution is 2.28. The summed E-state index contributed by atoms with van der Waals surface area (Å²) in [7, 11) is 0. The summed E-state index contributed by atoms with van der Waals surface area (Å²) in [5.74, 6) is -1.68. The van der Waals surface area contributed by atoms with Gasteiger partial charge in [-0.1, -0.05) is 0 Å². The molecule has 1 fully saturated rings. The van der Waals surface area contributed by atoms with Crippen molar-refractivity contribution in [3.63, 3.8) is 0 Å². The zero-order valence-electron chi connectivity index (χ0n) is 14.1. The molecule has 9 nitrogen and oxygen atoms in total. The van der Waals surface area contributed by atoms with E-state index in [1.165, 1.54) is 11.1 Å². The quantitative estimate of drug-likeness (QED) is 0.719. The van der Waals surface area contributed by atoms with Crippen LogP contribution in [-0.4, -0.2) is 46.2 Å². The van der Waals surface area contributed by atoms with Crippen LogP contribution in [0.25, 0.3) is 0 Å². The minimum absolute atomic E-state index is 0.0549. The van der Waals surface area contributed by atoms with Gasteiger partial charge in [0.05, 0.1) is 24.4 Å². The van der Waals surface area contributed by atoms with Gasteiger partial charge < -0.3 is 20.1 Å². The number of aromatic amines is 1. The van der Waals surface area contributed by atoms with Crippen LogP contribution in [0.4, 0.5) is 11.4 Å². The Morgan fingerprint density at radius 1 is 1.38 bits per heavy atom. The molecule has 1 aliphatic heterocycles. The number of carboxylic acids is 1. The first-order chi connectivity index (χ1) is 12.5. The van der Waals surface area contributed by atoms with Gasteiger partial charge in [-0.3, -0.25) is 14.7 Å². The highest BCUT2D eigenvalue weighted by Gasteiger charge is 2.35. The molecule has 9 heteroatoms. The van der Waals surface area contributed by atoms with E-state index >= 15 is 0 Å². The Morgan fingerprint density at radius 3 is 2.77 bits per heavy atom. The molecule has 1 unspecified atom stereocenters. The van der Waals surface area contributed by atoms with Crippen LogP contribution < -0.4 is 15.0 Å². The molecular formula is C17H18N4O5. The van der Waals surface area contributed by atoms with E-state index in [1.54, 1.807) is 24.3 Å². The molecule has 0 spiro atoms. The molecule has 136 valence electrons. The summed E-state index contributed by atoms with van der Waals surface area (Å²) in [5.41, 5.74) is 0.559. The minimum Gasteiger partial charge on any atom is -0.494 e. The van der Waals surface area contributed by atoms with Crippen LogP contribution >= 0.6 is 0 Å². The first-order valence-electron chi connectivity index (χ1n) is 8.10. The molecule has 0 bridgehead atoms. The Morgan fingerprint density at radius 2 is 2.12 bits per heavy atom. The summed E-state index contributed by atoms with van der Waals surface area (Å²) in [5, 5.41) is 17.5. The molecule has 26 heavy (non-hydrogen) atoms. The zero-order valence-corrected chi connectivity index (χ0v) is 14.1. The van der Waals surface area contributed by atoms with Gasteiger partial charge in [-0.2, -0.15) is 5.10 Å². The van der Waals surface area contributed by atoms with Crippen LogP contribution in [0.15, 0.2) is 30.5 Å². The van der Waals surface area contributed by atoms with Gasteiger partial charge in [0.1, 0.15) is 5.75 Å². The van der Waals surface area contributed by atoms with Crippen LogP contribution in [0.1, 0.15) is 23.8 Å². The number of nitrogens with one attached hydrogen (secondary N) is 2. The summed E-state index contributed by atoms with van der Waals surface area (Å²) in [6.45, 7) is 2.66. The molecule has 2 aromatic rings. The molecule has 2 amide bonds. The molecular weight excluding hydrogens is 340 g/mol. The molecule has 1 aliphatic rings. The van der Waals surface area contributed by atoms with E-state index in [0.717, 1.165) is 0 Å². The number of aromatic carboxylic acids is 1. The molecule has 1 atom stereocenters. The van der Waals surface area contributed by atoms with Crippen LogP contribution in [0.3, 0.4) is 0 Å². The lowest BCUT2D eigenvalue weighted by molar-refractivity contribution is -0.122. The number of aromatic nitrogens is 2. The lowest BCUT2D eigenvalue weighted by Gasteiger charge is -2.17. The number of benzene rings is 1. The third kappa shape index (κ3) is 3.51. The second-order valence-electron chi connectivity index (χ2n) is 5.79. The van der Waals surface area contributed by atoms with Crippen molar-refractivity contribution in [2.24, 2.45) is 5.92 Å². The maximum Gasteiger partial charge on any atom is 0.356 e. The standard InChI is InChI=1S/C17H18N4O5/c1-2-26-12-5-3-11(4-6-12)21-9-10(7-14(21)22)16(23)19-13-8-18-20-15(13)17(24)25/h3-6,8,10H,2,7,9H2,1H3,(H,18,20)(H,19,23)(H,24,25). The van der Waals surface area contributed by atoms with E-state index in [4.69, 9.17) is 9.84 Å². The average molecular weight is 358 g/mol. The van der Waals surface area contributed by atoms with Gasteiger partial charge in [-0.25, -0.2) is 4.79 Å². The number of nitrogens with zero attached hydrogens (tertiary/aromatic N) is 2. The van der Waals surface area contributed by atoms with Crippen molar-refractivity contribution in [2.45, 2.75) is 13.3 Å².